The Morgan fingerprint density at radius 3 is 2.43 bits per heavy atom. The number of hydrogen-bond donors (Lipinski definition) is 3. The van der Waals surface area contributed by atoms with E-state index in [9.17, 15) is 14.1 Å². The van der Waals surface area contributed by atoms with Gasteiger partial charge in [-0.05, 0) is 18.6 Å². The van der Waals surface area contributed by atoms with Gasteiger partial charge in [0.15, 0.2) is 11.5 Å². The molecule has 154 valence electrons. The molecule has 0 radical (unpaired) electrons. The topological polar surface area (TPSA) is 127 Å². The third kappa shape index (κ3) is 5.04. The largest absolute Gasteiger partial charge is 0.502 e. The zero-order valence-corrected chi connectivity index (χ0v) is 17.8. The molecule has 11 heteroatoms. The first-order chi connectivity index (χ1) is 13.3. The molecular formula is C17H20BrNO8S. The highest BCUT2D eigenvalue weighted by atomic mass is 79.9. The lowest BCUT2D eigenvalue weighted by Gasteiger charge is -2.11. The SMILES string of the molecule is COc1cccc(OC)c1-c1oc(C(Br)CCNS(=O)O)c(OC(C)=O)c1O. The summed E-state index contributed by atoms with van der Waals surface area (Å²) in [7, 11) is 2.92. The zero-order valence-electron chi connectivity index (χ0n) is 15.4. The summed E-state index contributed by atoms with van der Waals surface area (Å²) in [5.41, 5.74) is 0.346. The third-order valence-electron chi connectivity index (χ3n) is 3.67. The Morgan fingerprint density at radius 1 is 1.32 bits per heavy atom. The second-order valence-electron chi connectivity index (χ2n) is 5.50. The van der Waals surface area contributed by atoms with Crippen LogP contribution in [0.4, 0.5) is 0 Å². The average Bonchev–Trinajstić information content (AvgIpc) is 2.96. The highest BCUT2D eigenvalue weighted by molar-refractivity contribution is 9.09. The Balaban J connectivity index is 2.55. The molecule has 0 bridgehead atoms. The van der Waals surface area contributed by atoms with Crippen molar-refractivity contribution in [2.75, 3.05) is 20.8 Å². The van der Waals surface area contributed by atoms with Crippen LogP contribution < -0.4 is 18.9 Å². The molecule has 0 aliphatic heterocycles. The second kappa shape index (κ2) is 9.92. The number of hydrogen-bond acceptors (Lipinski definition) is 7. The van der Waals surface area contributed by atoms with Crippen molar-refractivity contribution in [3.8, 4) is 34.3 Å². The molecular weight excluding hydrogens is 458 g/mol. The van der Waals surface area contributed by atoms with Crippen LogP contribution in [0.2, 0.25) is 0 Å². The van der Waals surface area contributed by atoms with Gasteiger partial charge in [-0.2, -0.15) is 0 Å². The van der Waals surface area contributed by atoms with Crippen molar-refractivity contribution in [3.63, 3.8) is 0 Å². The van der Waals surface area contributed by atoms with Crippen molar-refractivity contribution in [1.29, 1.82) is 0 Å². The predicted molar refractivity (Wildman–Crippen MR) is 105 cm³/mol. The van der Waals surface area contributed by atoms with E-state index in [4.69, 9.17) is 23.2 Å². The number of benzene rings is 1. The molecule has 1 aromatic carbocycles. The fourth-order valence-electron chi connectivity index (χ4n) is 2.52. The van der Waals surface area contributed by atoms with Gasteiger partial charge in [-0.1, -0.05) is 22.0 Å². The van der Waals surface area contributed by atoms with Gasteiger partial charge < -0.3 is 23.7 Å². The third-order valence-corrected chi connectivity index (χ3v) is 5.00. The Kier molecular flexibility index (Phi) is 7.87. The molecule has 2 rings (SSSR count). The molecule has 2 aromatic rings. The van der Waals surface area contributed by atoms with Crippen molar-refractivity contribution in [2.45, 2.75) is 18.2 Å². The molecule has 0 spiro atoms. The van der Waals surface area contributed by atoms with Crippen LogP contribution in [-0.2, 0) is 16.1 Å². The van der Waals surface area contributed by atoms with E-state index in [1.807, 2.05) is 0 Å². The summed E-state index contributed by atoms with van der Waals surface area (Å²) in [6, 6.07) is 5.04. The van der Waals surface area contributed by atoms with E-state index >= 15 is 0 Å². The summed E-state index contributed by atoms with van der Waals surface area (Å²) in [6.45, 7) is 1.35. The molecule has 0 aliphatic rings. The van der Waals surface area contributed by atoms with Gasteiger partial charge in [-0.3, -0.25) is 9.35 Å². The highest BCUT2D eigenvalue weighted by Crippen LogP contribution is 2.52. The Morgan fingerprint density at radius 2 is 1.93 bits per heavy atom. The van der Waals surface area contributed by atoms with Crippen LogP contribution in [0.15, 0.2) is 22.6 Å². The van der Waals surface area contributed by atoms with Gasteiger partial charge in [-0.15, -0.1) is 0 Å². The number of furan rings is 1. The molecule has 0 amide bonds. The summed E-state index contributed by atoms with van der Waals surface area (Å²) < 4.78 is 43.5. The summed E-state index contributed by atoms with van der Waals surface area (Å²) in [6.07, 6.45) is 0.302. The van der Waals surface area contributed by atoms with Crippen molar-refractivity contribution >= 4 is 33.2 Å². The van der Waals surface area contributed by atoms with Gasteiger partial charge >= 0.3 is 5.97 Å². The number of methoxy groups -OCH3 is 2. The molecule has 1 heterocycles. The highest BCUT2D eigenvalue weighted by Gasteiger charge is 2.31. The maximum Gasteiger partial charge on any atom is 0.308 e. The number of ether oxygens (including phenoxy) is 3. The number of alkyl halides is 1. The van der Waals surface area contributed by atoms with Crippen LogP contribution in [0.1, 0.15) is 23.9 Å². The summed E-state index contributed by atoms with van der Waals surface area (Å²) in [5.74, 6) is -0.283. The van der Waals surface area contributed by atoms with Crippen LogP contribution in [0, 0.1) is 0 Å². The molecule has 9 nitrogen and oxygen atoms in total. The maximum absolute atomic E-state index is 11.5. The van der Waals surface area contributed by atoms with Gasteiger partial charge in [0.1, 0.15) is 17.1 Å². The Hall–Kier alpha value is -2.08. The van der Waals surface area contributed by atoms with Crippen molar-refractivity contribution in [1.82, 2.24) is 4.72 Å². The average molecular weight is 478 g/mol. The lowest BCUT2D eigenvalue weighted by Crippen LogP contribution is -2.18. The lowest BCUT2D eigenvalue weighted by atomic mass is 10.1. The number of rotatable bonds is 9. The first-order valence-corrected chi connectivity index (χ1v) is 10.1. The van der Waals surface area contributed by atoms with E-state index in [0.29, 0.717) is 23.5 Å². The van der Waals surface area contributed by atoms with Gasteiger partial charge in [0.25, 0.3) is 0 Å². The van der Waals surface area contributed by atoms with E-state index in [1.54, 1.807) is 18.2 Å². The van der Waals surface area contributed by atoms with Gasteiger partial charge in [-0.25, -0.2) is 8.93 Å². The maximum atomic E-state index is 11.5. The number of esters is 1. The number of nitrogens with one attached hydrogen (secondary N) is 1. The number of aromatic hydroxyl groups is 1. The van der Waals surface area contributed by atoms with Crippen LogP contribution in [0.5, 0.6) is 23.0 Å². The second-order valence-corrected chi connectivity index (χ2v) is 7.40. The molecule has 2 atom stereocenters. The first kappa shape index (κ1) is 22.2. The van der Waals surface area contributed by atoms with E-state index < -0.39 is 27.8 Å². The van der Waals surface area contributed by atoms with Crippen molar-refractivity contribution in [3.05, 3.63) is 24.0 Å². The number of halogens is 1. The fourth-order valence-corrected chi connectivity index (χ4v) is 3.34. The van der Waals surface area contributed by atoms with E-state index in [-0.39, 0.29) is 23.8 Å². The van der Waals surface area contributed by atoms with Crippen LogP contribution in [0.3, 0.4) is 0 Å². The quantitative estimate of drug-likeness (QED) is 0.285. The molecule has 3 N–H and O–H groups in total. The summed E-state index contributed by atoms with van der Waals surface area (Å²) in [4.78, 5) is 11.0. The molecule has 1 aromatic heterocycles. The molecule has 0 saturated heterocycles. The van der Waals surface area contributed by atoms with E-state index in [0.717, 1.165) is 0 Å². The molecule has 0 aliphatic carbocycles. The first-order valence-electron chi connectivity index (χ1n) is 8.04. The standard InChI is InChI=1S/C17H20BrNO8S/c1-9(20)26-17-14(21)16(13-11(24-2)5-4-6-12(13)25-3)27-15(17)10(18)7-8-19-28(22)23/h4-6,10,19,21H,7-8H2,1-3H3,(H,22,23). The lowest BCUT2D eigenvalue weighted by molar-refractivity contribution is -0.132. The van der Waals surface area contributed by atoms with Gasteiger partial charge in [0.05, 0.1) is 19.0 Å². The number of carbonyl (C=O) groups excluding carboxylic acids is 1. The smallest absolute Gasteiger partial charge is 0.308 e. The van der Waals surface area contributed by atoms with Gasteiger partial charge in [0, 0.05) is 13.5 Å². The minimum Gasteiger partial charge on any atom is -0.502 e. The monoisotopic (exact) mass is 477 g/mol. The zero-order chi connectivity index (χ0) is 20.8. The Bertz CT molecular complexity index is 847. The summed E-state index contributed by atoms with van der Waals surface area (Å²) >= 11 is 1.23. The normalized spacial score (nSPS) is 13.0. The predicted octanol–water partition coefficient (Wildman–Crippen LogP) is 3.15. The summed E-state index contributed by atoms with van der Waals surface area (Å²) in [5, 5.41) is 10.7. The van der Waals surface area contributed by atoms with Gasteiger partial charge in [0.2, 0.25) is 22.8 Å². The Labute approximate surface area is 172 Å². The number of carbonyl (C=O) groups is 1. The van der Waals surface area contributed by atoms with Crippen LogP contribution in [-0.4, -0.2) is 40.6 Å². The minimum atomic E-state index is -2.16. The van der Waals surface area contributed by atoms with Crippen LogP contribution in [0.25, 0.3) is 11.3 Å². The van der Waals surface area contributed by atoms with Crippen LogP contribution >= 0.6 is 15.9 Å². The van der Waals surface area contributed by atoms with Crippen molar-refractivity contribution in [2.24, 2.45) is 0 Å². The minimum absolute atomic E-state index is 0.00342. The molecule has 2 unspecified atom stereocenters. The molecule has 0 fully saturated rings. The van der Waals surface area contributed by atoms with Crippen molar-refractivity contribution < 1.29 is 37.3 Å². The van der Waals surface area contributed by atoms with E-state index in [2.05, 4.69) is 20.7 Å². The molecule has 28 heavy (non-hydrogen) atoms. The fraction of sp³-hybridized carbons (Fsp3) is 0.353. The van der Waals surface area contributed by atoms with E-state index in [1.165, 1.54) is 21.1 Å². The molecule has 0 saturated carbocycles.